The van der Waals surface area contributed by atoms with Crippen LogP contribution in [0.4, 0.5) is 0 Å². The molecule has 0 aliphatic carbocycles. The highest BCUT2D eigenvalue weighted by Gasteiger charge is 2.27. The molecule has 0 amide bonds. The average molecular weight is 128 g/mol. The second kappa shape index (κ2) is 2.27. The van der Waals surface area contributed by atoms with Gasteiger partial charge in [0.25, 0.3) is 0 Å². The molecular formula is C7H16N2+2. The van der Waals surface area contributed by atoms with Gasteiger partial charge in [-0.1, -0.05) is 0 Å². The number of nitrogens with one attached hydrogen (secondary N) is 1. The minimum absolute atomic E-state index is 1.07. The van der Waals surface area contributed by atoms with E-state index in [0.717, 1.165) is 5.92 Å². The van der Waals surface area contributed by atoms with E-state index in [2.05, 4.69) is 5.32 Å². The van der Waals surface area contributed by atoms with Crippen molar-refractivity contribution in [2.45, 2.75) is 12.8 Å². The highest BCUT2D eigenvalue weighted by molar-refractivity contribution is 4.60. The number of fused-ring (bicyclic) bond motifs is 4. The zero-order chi connectivity index (χ0) is 6.10. The van der Waals surface area contributed by atoms with Crippen LogP contribution in [0.2, 0.25) is 0 Å². The Bertz CT molecular complexity index is 77.6. The second-order valence-corrected chi connectivity index (χ2v) is 3.42. The van der Waals surface area contributed by atoms with Crippen molar-refractivity contribution < 1.29 is 10.2 Å². The van der Waals surface area contributed by atoms with E-state index < -0.39 is 0 Å². The first-order chi connectivity index (χ1) is 4.45. The molecule has 3 aliphatic heterocycles. The van der Waals surface area contributed by atoms with E-state index in [1.165, 1.54) is 39.1 Å². The lowest BCUT2D eigenvalue weighted by Crippen LogP contribution is -3.21. The van der Waals surface area contributed by atoms with Gasteiger partial charge in [-0.3, -0.25) is 10.2 Å². The molecule has 3 heterocycles. The number of hydrogen-bond acceptors (Lipinski definition) is 0. The van der Waals surface area contributed by atoms with Crippen molar-refractivity contribution in [3.05, 3.63) is 0 Å². The van der Waals surface area contributed by atoms with Gasteiger partial charge in [-0.2, -0.15) is 0 Å². The number of piperidine rings is 1. The number of quaternary nitrogens is 2. The van der Waals surface area contributed by atoms with E-state index >= 15 is 0 Å². The van der Waals surface area contributed by atoms with E-state index in [1.54, 1.807) is 0 Å². The van der Waals surface area contributed by atoms with Crippen LogP contribution in [0.3, 0.4) is 0 Å². The number of nitrogens with two attached hydrogens (primary N) is 1. The molecule has 2 heteroatoms. The summed E-state index contributed by atoms with van der Waals surface area (Å²) >= 11 is 0. The van der Waals surface area contributed by atoms with Crippen LogP contribution < -0.4 is 10.2 Å². The molecule has 0 saturated carbocycles. The van der Waals surface area contributed by atoms with E-state index in [1.807, 2.05) is 4.90 Å². The molecule has 52 valence electrons. The van der Waals surface area contributed by atoms with Gasteiger partial charge < -0.3 is 0 Å². The Morgan fingerprint density at radius 3 is 2.78 bits per heavy atom. The van der Waals surface area contributed by atoms with Gasteiger partial charge in [-0.05, 0) is 0 Å². The minimum Gasteiger partial charge on any atom is -0.300 e. The number of rotatable bonds is 0. The van der Waals surface area contributed by atoms with E-state index in [-0.39, 0.29) is 0 Å². The first-order valence-electron chi connectivity index (χ1n) is 4.10. The van der Waals surface area contributed by atoms with Crippen LogP contribution >= 0.6 is 0 Å². The SMILES string of the molecule is C1C[NH+]2CCC1C[NH2+]C2. The van der Waals surface area contributed by atoms with Crippen LogP contribution in [0.1, 0.15) is 12.8 Å². The van der Waals surface area contributed by atoms with Crippen molar-refractivity contribution in [3.8, 4) is 0 Å². The molecule has 0 radical (unpaired) electrons. The summed E-state index contributed by atoms with van der Waals surface area (Å²) in [4.78, 5) is 1.82. The molecular weight excluding hydrogens is 112 g/mol. The fraction of sp³-hybridized carbons (Fsp3) is 1.00. The van der Waals surface area contributed by atoms with Crippen LogP contribution in [0.25, 0.3) is 0 Å². The maximum atomic E-state index is 2.49. The summed E-state index contributed by atoms with van der Waals surface area (Å²) in [5.74, 6) is 1.07. The Kier molecular flexibility index (Phi) is 1.44. The first kappa shape index (κ1) is 5.69. The predicted octanol–water partition coefficient (Wildman–Crippen LogP) is -2.18. The van der Waals surface area contributed by atoms with Gasteiger partial charge in [0, 0.05) is 18.8 Å². The molecule has 0 atom stereocenters. The lowest BCUT2D eigenvalue weighted by Gasteiger charge is -2.20. The van der Waals surface area contributed by atoms with Gasteiger partial charge in [0.1, 0.15) is 0 Å². The maximum Gasteiger partial charge on any atom is 0.202 e. The van der Waals surface area contributed by atoms with Crippen LogP contribution in [0.15, 0.2) is 0 Å². The van der Waals surface area contributed by atoms with E-state index in [0.29, 0.717) is 0 Å². The monoisotopic (exact) mass is 128 g/mol. The summed E-state index contributed by atoms with van der Waals surface area (Å²) in [5, 5.41) is 2.49. The van der Waals surface area contributed by atoms with Gasteiger partial charge in [-0.25, -0.2) is 0 Å². The molecule has 3 rings (SSSR count). The highest BCUT2D eigenvalue weighted by Crippen LogP contribution is 2.06. The topological polar surface area (TPSA) is 21.1 Å². The predicted molar refractivity (Wildman–Crippen MR) is 35.1 cm³/mol. The number of hydrogen-bond donors (Lipinski definition) is 2. The molecule has 0 spiro atoms. The second-order valence-electron chi connectivity index (χ2n) is 3.42. The zero-order valence-electron chi connectivity index (χ0n) is 5.90. The maximum absolute atomic E-state index is 2.49. The third-order valence-electron chi connectivity index (χ3n) is 2.75. The summed E-state index contributed by atoms with van der Waals surface area (Å²) in [7, 11) is 0. The fourth-order valence-corrected chi connectivity index (χ4v) is 2.05. The first-order valence-corrected chi connectivity index (χ1v) is 4.10. The largest absolute Gasteiger partial charge is 0.300 e. The molecule has 0 aromatic heterocycles. The van der Waals surface area contributed by atoms with Crippen molar-refractivity contribution in [1.82, 2.24) is 0 Å². The third-order valence-corrected chi connectivity index (χ3v) is 2.75. The molecule has 3 fully saturated rings. The van der Waals surface area contributed by atoms with Crippen molar-refractivity contribution in [2.24, 2.45) is 5.92 Å². The Morgan fingerprint density at radius 1 is 1.22 bits per heavy atom. The average Bonchev–Trinajstić information content (AvgIpc) is 2.21. The summed E-state index contributed by atoms with van der Waals surface area (Å²) in [6.45, 7) is 5.64. The van der Waals surface area contributed by atoms with E-state index in [4.69, 9.17) is 0 Å². The molecule has 0 aromatic carbocycles. The van der Waals surface area contributed by atoms with Crippen LogP contribution in [0.5, 0.6) is 0 Å². The summed E-state index contributed by atoms with van der Waals surface area (Å²) in [5.41, 5.74) is 0. The lowest BCUT2D eigenvalue weighted by molar-refractivity contribution is -0.996. The van der Waals surface area contributed by atoms with Crippen molar-refractivity contribution >= 4 is 0 Å². The molecule has 2 nitrogen and oxygen atoms in total. The Morgan fingerprint density at radius 2 is 2.00 bits per heavy atom. The normalized spacial score (nSPS) is 42.7. The molecule has 2 bridgehead atoms. The quantitative estimate of drug-likeness (QED) is 0.370. The molecule has 0 unspecified atom stereocenters. The van der Waals surface area contributed by atoms with Gasteiger partial charge in [0.15, 0.2) is 0 Å². The van der Waals surface area contributed by atoms with Gasteiger partial charge in [-0.15, -0.1) is 0 Å². The Labute approximate surface area is 56.2 Å². The van der Waals surface area contributed by atoms with Gasteiger partial charge in [0.2, 0.25) is 6.67 Å². The zero-order valence-corrected chi connectivity index (χ0v) is 5.90. The molecule has 0 aromatic rings. The smallest absolute Gasteiger partial charge is 0.202 e. The lowest BCUT2D eigenvalue weighted by atomic mass is 9.99. The summed E-state index contributed by atoms with van der Waals surface area (Å²) in [6, 6.07) is 0. The van der Waals surface area contributed by atoms with Gasteiger partial charge >= 0.3 is 0 Å². The van der Waals surface area contributed by atoms with E-state index in [9.17, 15) is 0 Å². The fourth-order valence-electron chi connectivity index (χ4n) is 2.05. The van der Waals surface area contributed by atoms with Crippen molar-refractivity contribution in [2.75, 3.05) is 26.3 Å². The molecule has 9 heavy (non-hydrogen) atoms. The van der Waals surface area contributed by atoms with Crippen molar-refractivity contribution in [3.63, 3.8) is 0 Å². The minimum atomic E-state index is 1.07. The molecule has 3 aliphatic rings. The van der Waals surface area contributed by atoms with Crippen molar-refractivity contribution in [1.29, 1.82) is 0 Å². The van der Waals surface area contributed by atoms with Crippen LogP contribution in [0, 0.1) is 5.92 Å². The van der Waals surface area contributed by atoms with Crippen LogP contribution in [-0.4, -0.2) is 26.3 Å². The Hall–Kier alpha value is -0.0800. The Balaban J connectivity index is 2.03. The molecule has 3 N–H and O–H groups in total. The summed E-state index contributed by atoms with van der Waals surface area (Å²) in [6.07, 6.45) is 2.98. The van der Waals surface area contributed by atoms with Crippen LogP contribution in [-0.2, 0) is 0 Å². The third kappa shape index (κ3) is 1.10. The molecule has 3 saturated heterocycles. The highest BCUT2D eigenvalue weighted by atomic mass is 15.2. The van der Waals surface area contributed by atoms with Gasteiger partial charge in [0.05, 0.1) is 19.6 Å². The summed E-state index contributed by atoms with van der Waals surface area (Å²) < 4.78 is 0. The standard InChI is InChI=1S/C7H14N2/c1-3-9-4-2-7(1)5-8-6-9/h7-8H,1-6H2/p+2.